The van der Waals surface area contributed by atoms with E-state index in [4.69, 9.17) is 0 Å². The number of hydrogen-bond acceptors (Lipinski definition) is 1. The zero-order chi connectivity index (χ0) is 37.1. The summed E-state index contributed by atoms with van der Waals surface area (Å²) in [7, 11) is 0. The second-order valence-electron chi connectivity index (χ2n) is 16.1. The lowest BCUT2D eigenvalue weighted by Crippen LogP contribution is -2.14. The highest BCUT2D eigenvalue weighted by Gasteiger charge is 2.35. The number of benzene rings is 10. The maximum atomic E-state index is 2.45. The zero-order valence-electron chi connectivity index (χ0n) is 31.2. The van der Waals surface area contributed by atoms with E-state index in [2.05, 4.69) is 196 Å². The van der Waals surface area contributed by atoms with Gasteiger partial charge in [0.15, 0.2) is 0 Å². The van der Waals surface area contributed by atoms with E-state index in [1.807, 2.05) is 11.3 Å². The SMILES string of the molecule is CC1(C)c2ccccc2-c2cc(-c3c4ccccc4c(-c4ccc(-c5ccc6cc7c(cc6c5)sc5cc6ccccc6cc57)cc4)c4ccccc34)ccc21. The van der Waals surface area contributed by atoms with E-state index < -0.39 is 0 Å². The summed E-state index contributed by atoms with van der Waals surface area (Å²) < 4.78 is 2.69. The highest BCUT2D eigenvalue weighted by molar-refractivity contribution is 7.26. The Labute approximate surface area is 329 Å². The molecule has 0 N–H and O–H groups in total. The molecular formula is C55H36S. The van der Waals surface area contributed by atoms with Gasteiger partial charge in [-0.3, -0.25) is 0 Å². The molecule has 1 heteroatoms. The van der Waals surface area contributed by atoms with Gasteiger partial charge in [-0.2, -0.15) is 0 Å². The molecule has 0 nitrogen and oxygen atoms in total. The topological polar surface area (TPSA) is 0 Å². The van der Waals surface area contributed by atoms with Crippen molar-refractivity contribution in [1.29, 1.82) is 0 Å². The molecule has 0 atom stereocenters. The molecule has 0 saturated heterocycles. The monoisotopic (exact) mass is 728 g/mol. The minimum atomic E-state index is -0.0148. The van der Waals surface area contributed by atoms with Gasteiger partial charge in [-0.15, -0.1) is 11.3 Å². The van der Waals surface area contributed by atoms with Crippen LogP contribution in [0.25, 0.3) is 108 Å². The van der Waals surface area contributed by atoms with Gasteiger partial charge in [0.1, 0.15) is 0 Å². The van der Waals surface area contributed by atoms with Crippen molar-refractivity contribution in [1.82, 2.24) is 0 Å². The molecule has 1 heterocycles. The maximum Gasteiger partial charge on any atom is 0.0361 e. The van der Waals surface area contributed by atoms with Crippen LogP contribution in [0.3, 0.4) is 0 Å². The lowest BCUT2D eigenvalue weighted by atomic mass is 9.81. The van der Waals surface area contributed by atoms with Crippen molar-refractivity contribution in [3.8, 4) is 44.5 Å². The lowest BCUT2D eigenvalue weighted by Gasteiger charge is -2.22. The van der Waals surface area contributed by atoms with Gasteiger partial charge in [-0.25, -0.2) is 0 Å². The maximum absolute atomic E-state index is 2.45. The van der Waals surface area contributed by atoms with Gasteiger partial charge in [-0.05, 0) is 135 Å². The average molecular weight is 729 g/mol. The van der Waals surface area contributed by atoms with Crippen LogP contribution < -0.4 is 0 Å². The molecule has 12 rings (SSSR count). The molecule has 1 aliphatic rings. The summed E-state index contributed by atoms with van der Waals surface area (Å²) in [6.07, 6.45) is 0. The van der Waals surface area contributed by atoms with Crippen molar-refractivity contribution in [3.05, 3.63) is 193 Å². The molecule has 0 amide bonds. The molecule has 10 aromatic carbocycles. The van der Waals surface area contributed by atoms with E-state index in [0.29, 0.717) is 0 Å². The average Bonchev–Trinajstić information content (AvgIpc) is 3.70. The fourth-order valence-corrected chi connectivity index (χ4v) is 11.0. The number of rotatable bonds is 3. The molecule has 0 radical (unpaired) electrons. The van der Waals surface area contributed by atoms with E-state index in [1.54, 1.807) is 0 Å². The van der Waals surface area contributed by atoms with Gasteiger partial charge in [0, 0.05) is 25.6 Å². The van der Waals surface area contributed by atoms with Gasteiger partial charge >= 0.3 is 0 Å². The van der Waals surface area contributed by atoms with Crippen LogP contribution in [0.4, 0.5) is 0 Å². The number of fused-ring (bicyclic) bond motifs is 10. The smallest absolute Gasteiger partial charge is 0.0361 e. The second kappa shape index (κ2) is 11.7. The molecule has 0 bridgehead atoms. The summed E-state index contributed by atoms with van der Waals surface area (Å²) >= 11 is 1.90. The largest absolute Gasteiger partial charge is 0.135 e. The molecule has 262 valence electrons. The molecule has 0 saturated carbocycles. The minimum Gasteiger partial charge on any atom is -0.135 e. The molecule has 0 unspecified atom stereocenters. The Morgan fingerprint density at radius 1 is 0.321 bits per heavy atom. The van der Waals surface area contributed by atoms with Crippen LogP contribution in [0, 0.1) is 0 Å². The Morgan fingerprint density at radius 3 is 1.48 bits per heavy atom. The predicted molar refractivity (Wildman–Crippen MR) is 243 cm³/mol. The summed E-state index contributed by atoms with van der Waals surface area (Å²) in [5.41, 5.74) is 13.1. The van der Waals surface area contributed by atoms with Crippen molar-refractivity contribution < 1.29 is 0 Å². The van der Waals surface area contributed by atoms with Crippen LogP contribution >= 0.6 is 11.3 Å². The zero-order valence-corrected chi connectivity index (χ0v) is 32.0. The van der Waals surface area contributed by atoms with Gasteiger partial charge < -0.3 is 0 Å². The molecular weight excluding hydrogens is 693 g/mol. The first-order valence-electron chi connectivity index (χ1n) is 19.6. The van der Waals surface area contributed by atoms with Crippen LogP contribution in [0.1, 0.15) is 25.0 Å². The first kappa shape index (κ1) is 31.8. The van der Waals surface area contributed by atoms with E-state index in [-0.39, 0.29) is 5.41 Å². The first-order chi connectivity index (χ1) is 27.5. The van der Waals surface area contributed by atoms with Gasteiger partial charge in [-0.1, -0.05) is 159 Å². The van der Waals surface area contributed by atoms with Crippen LogP contribution in [-0.2, 0) is 5.41 Å². The van der Waals surface area contributed by atoms with E-state index in [1.165, 1.54) is 119 Å². The number of thiophene rings is 1. The van der Waals surface area contributed by atoms with E-state index in [0.717, 1.165) is 0 Å². The molecule has 11 aromatic rings. The third kappa shape index (κ3) is 4.59. The van der Waals surface area contributed by atoms with Crippen molar-refractivity contribution >= 4 is 74.6 Å². The van der Waals surface area contributed by atoms with Crippen molar-refractivity contribution in [2.45, 2.75) is 19.3 Å². The summed E-state index contributed by atoms with van der Waals surface area (Å²) in [6.45, 7) is 4.71. The first-order valence-corrected chi connectivity index (χ1v) is 20.4. The number of hydrogen-bond donors (Lipinski definition) is 0. The second-order valence-corrected chi connectivity index (χ2v) is 17.1. The Bertz CT molecular complexity index is 3370. The third-order valence-corrected chi connectivity index (χ3v) is 13.7. The Hall–Kier alpha value is -6.54. The van der Waals surface area contributed by atoms with Crippen molar-refractivity contribution in [2.75, 3.05) is 0 Å². The Balaban J connectivity index is 0.969. The molecule has 1 aromatic heterocycles. The lowest BCUT2D eigenvalue weighted by molar-refractivity contribution is 0.660. The van der Waals surface area contributed by atoms with Crippen LogP contribution in [0.2, 0.25) is 0 Å². The van der Waals surface area contributed by atoms with E-state index in [9.17, 15) is 0 Å². The Kier molecular flexibility index (Phi) is 6.66. The summed E-state index contributed by atoms with van der Waals surface area (Å²) in [6, 6.07) is 68.4. The summed E-state index contributed by atoms with van der Waals surface area (Å²) in [4.78, 5) is 0. The molecule has 0 spiro atoms. The molecule has 0 aliphatic heterocycles. The summed E-state index contributed by atoms with van der Waals surface area (Å²) in [5, 5.41) is 13.0. The van der Waals surface area contributed by atoms with Crippen LogP contribution in [0.15, 0.2) is 182 Å². The molecule has 56 heavy (non-hydrogen) atoms. The van der Waals surface area contributed by atoms with Crippen LogP contribution in [0.5, 0.6) is 0 Å². The fourth-order valence-electron chi connectivity index (χ4n) is 9.84. The van der Waals surface area contributed by atoms with Gasteiger partial charge in [0.2, 0.25) is 0 Å². The standard InChI is InChI=1S/C55H36S/c1-55(2)49-18-10-9-13-41(49)46-30-39(25-26-50(46)55)54-44-16-7-5-14-42(44)53(43-15-6-8-17-45(43)54)34-21-19-33(20-22-34)37-23-24-38-29-48-47-28-35-11-3-4-12-36(35)31-51(47)56-52(48)32-40(38)27-37/h3-32H,1-2H3. The molecule has 0 fully saturated rings. The highest BCUT2D eigenvalue weighted by atomic mass is 32.1. The van der Waals surface area contributed by atoms with Crippen molar-refractivity contribution in [3.63, 3.8) is 0 Å². The minimum absolute atomic E-state index is 0.0148. The highest BCUT2D eigenvalue weighted by Crippen LogP contribution is 2.51. The van der Waals surface area contributed by atoms with Gasteiger partial charge in [0.25, 0.3) is 0 Å². The third-order valence-electron chi connectivity index (χ3n) is 12.6. The van der Waals surface area contributed by atoms with Crippen LogP contribution in [-0.4, -0.2) is 0 Å². The molecule has 1 aliphatic carbocycles. The van der Waals surface area contributed by atoms with Crippen molar-refractivity contribution in [2.24, 2.45) is 0 Å². The Morgan fingerprint density at radius 2 is 0.804 bits per heavy atom. The van der Waals surface area contributed by atoms with Gasteiger partial charge in [0.05, 0.1) is 0 Å². The normalized spacial score (nSPS) is 13.3. The fraction of sp³-hybridized carbons (Fsp3) is 0.0545. The predicted octanol–water partition coefficient (Wildman–Crippen LogP) is 16.0. The van der Waals surface area contributed by atoms with E-state index >= 15 is 0 Å². The summed E-state index contributed by atoms with van der Waals surface area (Å²) in [5.74, 6) is 0. The quantitative estimate of drug-likeness (QED) is 0.159.